The number of benzene rings is 1. The van der Waals surface area contributed by atoms with Crippen LogP contribution in [0, 0.1) is 6.92 Å². The van der Waals surface area contributed by atoms with Crippen LogP contribution in [0.25, 0.3) is 0 Å². The van der Waals surface area contributed by atoms with Crippen LogP contribution in [-0.2, 0) is 17.1 Å². The van der Waals surface area contributed by atoms with Gasteiger partial charge in [-0.05, 0) is 25.5 Å². The van der Waals surface area contributed by atoms with Gasteiger partial charge in [0.25, 0.3) is 10.0 Å². The largest absolute Gasteiger partial charge is 0.337 e. The summed E-state index contributed by atoms with van der Waals surface area (Å²) in [5.41, 5.74) is 0.718. The summed E-state index contributed by atoms with van der Waals surface area (Å²) in [4.78, 5) is 18.2. The zero-order valence-electron chi connectivity index (χ0n) is 14.9. The predicted octanol–water partition coefficient (Wildman–Crippen LogP) is 1.66. The maximum absolute atomic E-state index is 12.8. The van der Waals surface area contributed by atoms with Gasteiger partial charge in [0.2, 0.25) is 0 Å². The van der Waals surface area contributed by atoms with Crippen LogP contribution < -0.4 is 5.32 Å². The van der Waals surface area contributed by atoms with Gasteiger partial charge in [0.1, 0.15) is 5.82 Å². The van der Waals surface area contributed by atoms with Crippen molar-refractivity contribution in [1.82, 2.24) is 18.8 Å². The monoisotopic (exact) mass is 377 g/mol. The number of nitrogens with one attached hydrogen (secondary N) is 1. The molecular formula is C17H23N5O3S. The molecule has 1 N–H and O–H groups in total. The van der Waals surface area contributed by atoms with Gasteiger partial charge in [-0.3, -0.25) is 0 Å². The van der Waals surface area contributed by atoms with Crippen molar-refractivity contribution in [1.29, 1.82) is 0 Å². The first kappa shape index (κ1) is 18.4. The van der Waals surface area contributed by atoms with Gasteiger partial charge < -0.3 is 14.8 Å². The van der Waals surface area contributed by atoms with E-state index in [1.807, 2.05) is 30.3 Å². The first-order chi connectivity index (χ1) is 12.4. The van der Waals surface area contributed by atoms with E-state index in [1.165, 1.54) is 10.5 Å². The molecule has 0 aliphatic carbocycles. The second-order valence-corrected chi connectivity index (χ2v) is 8.16. The average molecular weight is 377 g/mol. The number of sulfonamides is 1. The van der Waals surface area contributed by atoms with Gasteiger partial charge >= 0.3 is 6.03 Å². The molecule has 2 heterocycles. The number of aromatic nitrogens is 2. The minimum absolute atomic E-state index is 0.0553. The van der Waals surface area contributed by atoms with Crippen molar-refractivity contribution in [3.8, 4) is 0 Å². The quantitative estimate of drug-likeness (QED) is 0.881. The number of carbonyl (C=O) groups excluding carboxylic acids is 1. The highest BCUT2D eigenvalue weighted by Gasteiger charge is 2.30. The van der Waals surface area contributed by atoms with E-state index in [0.717, 1.165) is 5.69 Å². The molecule has 2 aromatic rings. The third-order valence-electron chi connectivity index (χ3n) is 4.46. The summed E-state index contributed by atoms with van der Waals surface area (Å²) < 4.78 is 28.7. The van der Waals surface area contributed by atoms with Crippen molar-refractivity contribution in [2.75, 3.05) is 31.5 Å². The minimum atomic E-state index is -3.65. The normalized spacial score (nSPS) is 16.3. The standard InChI is InChI=1S/C17H23N5O3S/c1-14-18-16(13-20(14)2)26(24,25)22-10-6-9-21(11-12-22)17(23)19-15-7-4-3-5-8-15/h3-5,7-8,13H,6,9-12H2,1-2H3,(H,19,23). The lowest BCUT2D eigenvalue weighted by atomic mass is 10.3. The first-order valence-corrected chi connectivity index (χ1v) is 9.93. The van der Waals surface area contributed by atoms with Crippen LogP contribution in [0.5, 0.6) is 0 Å². The molecule has 1 saturated heterocycles. The molecule has 1 aliphatic heterocycles. The number of anilines is 1. The fourth-order valence-corrected chi connectivity index (χ4v) is 4.34. The molecule has 0 atom stereocenters. The topological polar surface area (TPSA) is 87.5 Å². The SMILES string of the molecule is Cc1nc(S(=O)(=O)N2CCCN(C(=O)Nc3ccccc3)CC2)cn1C. The number of imidazole rings is 1. The Bertz CT molecular complexity index is 860. The Morgan fingerprint density at radius 2 is 1.85 bits per heavy atom. The summed E-state index contributed by atoms with van der Waals surface area (Å²) in [6.07, 6.45) is 2.10. The molecule has 2 amide bonds. The molecule has 8 nitrogen and oxygen atoms in total. The number of hydrogen-bond donors (Lipinski definition) is 1. The van der Waals surface area contributed by atoms with Crippen molar-refractivity contribution >= 4 is 21.7 Å². The summed E-state index contributed by atoms with van der Waals surface area (Å²) in [7, 11) is -1.89. The molecule has 1 fully saturated rings. The van der Waals surface area contributed by atoms with Crippen LogP contribution in [0.1, 0.15) is 12.2 Å². The van der Waals surface area contributed by atoms with Crippen LogP contribution in [0.3, 0.4) is 0 Å². The summed E-state index contributed by atoms with van der Waals surface area (Å²) in [6.45, 7) is 3.22. The maximum Gasteiger partial charge on any atom is 0.321 e. The maximum atomic E-state index is 12.8. The van der Waals surface area contributed by atoms with Crippen LogP contribution in [0.15, 0.2) is 41.6 Å². The number of rotatable bonds is 3. The molecular weight excluding hydrogens is 354 g/mol. The van der Waals surface area contributed by atoms with Gasteiger partial charge in [0, 0.05) is 45.1 Å². The summed E-state index contributed by atoms with van der Waals surface area (Å²) in [6, 6.07) is 8.99. The molecule has 0 radical (unpaired) electrons. The Kier molecular flexibility index (Phi) is 5.28. The second kappa shape index (κ2) is 7.46. The van der Waals surface area contributed by atoms with Gasteiger partial charge in [-0.2, -0.15) is 4.31 Å². The van der Waals surface area contributed by atoms with Crippen LogP contribution in [-0.4, -0.2) is 59.4 Å². The summed E-state index contributed by atoms with van der Waals surface area (Å²) in [5, 5.41) is 2.89. The van der Waals surface area contributed by atoms with E-state index in [1.54, 1.807) is 23.4 Å². The Morgan fingerprint density at radius 1 is 1.12 bits per heavy atom. The van der Waals surface area contributed by atoms with Gasteiger partial charge in [-0.15, -0.1) is 0 Å². The molecule has 0 bridgehead atoms. The van der Waals surface area contributed by atoms with Crippen molar-refractivity contribution in [3.05, 3.63) is 42.4 Å². The van der Waals surface area contributed by atoms with Crippen molar-refractivity contribution in [3.63, 3.8) is 0 Å². The molecule has 26 heavy (non-hydrogen) atoms. The molecule has 9 heteroatoms. The Balaban J connectivity index is 1.67. The second-order valence-electron chi connectivity index (χ2n) is 6.28. The molecule has 1 aromatic heterocycles. The van der Waals surface area contributed by atoms with E-state index in [2.05, 4.69) is 10.3 Å². The highest BCUT2D eigenvalue weighted by atomic mass is 32.2. The Morgan fingerprint density at radius 3 is 2.50 bits per heavy atom. The van der Waals surface area contributed by atoms with Gasteiger partial charge in [0.15, 0.2) is 5.03 Å². The summed E-state index contributed by atoms with van der Waals surface area (Å²) in [5.74, 6) is 0.641. The summed E-state index contributed by atoms with van der Waals surface area (Å²) >= 11 is 0. The van der Waals surface area contributed by atoms with E-state index in [-0.39, 0.29) is 17.6 Å². The minimum Gasteiger partial charge on any atom is -0.337 e. The lowest BCUT2D eigenvalue weighted by Crippen LogP contribution is -2.39. The number of nitrogens with zero attached hydrogens (tertiary/aromatic N) is 4. The third kappa shape index (κ3) is 3.88. The van der Waals surface area contributed by atoms with Gasteiger partial charge in [0.05, 0.1) is 0 Å². The lowest BCUT2D eigenvalue weighted by molar-refractivity contribution is 0.214. The van der Waals surface area contributed by atoms with Crippen LogP contribution in [0.2, 0.25) is 0 Å². The third-order valence-corrected chi connectivity index (χ3v) is 6.23. The number of carbonyl (C=O) groups is 1. The highest BCUT2D eigenvalue weighted by molar-refractivity contribution is 7.89. The number of hydrogen-bond acceptors (Lipinski definition) is 4. The zero-order chi connectivity index (χ0) is 18.7. The van der Waals surface area contributed by atoms with E-state index in [0.29, 0.717) is 31.9 Å². The molecule has 140 valence electrons. The average Bonchev–Trinajstić information content (AvgIpc) is 2.83. The smallest absolute Gasteiger partial charge is 0.321 e. The molecule has 0 unspecified atom stereocenters. The van der Waals surface area contributed by atoms with Crippen LogP contribution in [0.4, 0.5) is 10.5 Å². The first-order valence-electron chi connectivity index (χ1n) is 8.49. The number of amides is 2. The molecule has 1 aromatic carbocycles. The van der Waals surface area contributed by atoms with E-state index in [9.17, 15) is 13.2 Å². The van der Waals surface area contributed by atoms with Gasteiger partial charge in [-0.1, -0.05) is 18.2 Å². The fourth-order valence-electron chi connectivity index (χ4n) is 2.84. The molecule has 3 rings (SSSR count). The van der Waals surface area contributed by atoms with Crippen molar-refractivity contribution in [2.45, 2.75) is 18.4 Å². The van der Waals surface area contributed by atoms with E-state index in [4.69, 9.17) is 0 Å². The number of urea groups is 1. The Hall–Kier alpha value is -2.39. The zero-order valence-corrected chi connectivity index (χ0v) is 15.7. The van der Waals surface area contributed by atoms with Crippen molar-refractivity contribution in [2.24, 2.45) is 7.05 Å². The molecule has 0 spiro atoms. The number of aryl methyl sites for hydroxylation is 2. The van der Waals surface area contributed by atoms with Crippen molar-refractivity contribution < 1.29 is 13.2 Å². The van der Waals surface area contributed by atoms with E-state index >= 15 is 0 Å². The fraction of sp³-hybridized carbons (Fsp3) is 0.412. The lowest BCUT2D eigenvalue weighted by Gasteiger charge is -2.21. The number of para-hydroxylation sites is 1. The van der Waals surface area contributed by atoms with Crippen LogP contribution >= 0.6 is 0 Å². The van der Waals surface area contributed by atoms with E-state index < -0.39 is 10.0 Å². The van der Waals surface area contributed by atoms with Gasteiger partial charge in [-0.25, -0.2) is 18.2 Å². The highest BCUT2D eigenvalue weighted by Crippen LogP contribution is 2.17. The Labute approximate surface area is 153 Å². The molecule has 1 aliphatic rings. The predicted molar refractivity (Wildman–Crippen MR) is 98.4 cm³/mol. The molecule has 0 saturated carbocycles.